The van der Waals surface area contributed by atoms with Gasteiger partial charge in [-0.25, -0.2) is 4.79 Å². The zero-order chi connectivity index (χ0) is 24.6. The monoisotopic (exact) mass is 463 g/mol. The normalized spacial score (nSPS) is 16.4. The third-order valence-corrected chi connectivity index (χ3v) is 5.45. The molecule has 2 unspecified atom stereocenters. The number of phenols is 1. The molecule has 184 valence electrons. The van der Waals surface area contributed by atoms with Crippen LogP contribution >= 0.6 is 0 Å². The smallest absolute Gasteiger partial charge is 0.408 e. The van der Waals surface area contributed by atoms with Crippen molar-refractivity contribution in [2.75, 3.05) is 13.2 Å². The van der Waals surface area contributed by atoms with E-state index in [1.54, 1.807) is 32.9 Å². The third kappa shape index (κ3) is 8.24. The minimum Gasteiger partial charge on any atom is -0.508 e. The van der Waals surface area contributed by atoms with Gasteiger partial charge in [0, 0.05) is 12.6 Å². The van der Waals surface area contributed by atoms with Crippen LogP contribution in [0, 0.1) is 0 Å². The van der Waals surface area contributed by atoms with Crippen LogP contribution in [0.1, 0.15) is 71.4 Å². The fourth-order valence-corrected chi connectivity index (χ4v) is 3.93. The fraction of sp³-hybridized carbons (Fsp3) is 0.625. The van der Waals surface area contributed by atoms with E-state index >= 15 is 0 Å². The van der Waals surface area contributed by atoms with E-state index < -0.39 is 29.7 Å². The Kier molecular flexibility index (Phi) is 9.52. The highest BCUT2D eigenvalue weighted by Gasteiger charge is 2.35. The Bertz CT molecular complexity index is 799. The molecule has 0 heterocycles. The highest BCUT2D eigenvalue weighted by atomic mass is 16.6. The molecule has 1 saturated carbocycles. The lowest BCUT2D eigenvalue weighted by atomic mass is 9.94. The Hall–Kier alpha value is -2.81. The van der Waals surface area contributed by atoms with Crippen LogP contribution in [0.4, 0.5) is 4.79 Å². The molecular formula is C24H37N3O6. The highest BCUT2D eigenvalue weighted by Crippen LogP contribution is 2.26. The van der Waals surface area contributed by atoms with Crippen LogP contribution in [0.3, 0.4) is 0 Å². The molecule has 0 spiro atoms. The van der Waals surface area contributed by atoms with E-state index in [0.717, 1.165) is 32.1 Å². The first-order chi connectivity index (χ1) is 15.5. The molecule has 4 N–H and O–H groups in total. The number of hydrogen-bond donors (Lipinski definition) is 4. The minimum atomic E-state index is -1.03. The van der Waals surface area contributed by atoms with Crippen molar-refractivity contribution in [1.82, 2.24) is 15.5 Å². The number of phenolic OH excluding ortho intramolecular Hbond substituents is 1. The number of amides is 3. The number of carbonyl (C=O) groups excluding carboxylic acids is 3. The number of nitrogens with zero attached hydrogens (tertiary/aromatic N) is 1. The Balaban J connectivity index is 2.28. The van der Waals surface area contributed by atoms with Crippen molar-refractivity contribution < 1.29 is 29.3 Å². The summed E-state index contributed by atoms with van der Waals surface area (Å²) in [5.41, 5.74) is -0.237. The van der Waals surface area contributed by atoms with Crippen molar-refractivity contribution in [3.63, 3.8) is 0 Å². The van der Waals surface area contributed by atoms with Crippen molar-refractivity contribution in [1.29, 1.82) is 0 Å². The molecule has 0 bridgehead atoms. The SMILES string of the molecule is CC(NC(=O)OC(C)(C)C)C(=O)N(CCO)C(C(=O)NC1CCCCC1)c1ccc(O)cc1. The predicted molar refractivity (Wildman–Crippen MR) is 123 cm³/mol. The summed E-state index contributed by atoms with van der Waals surface area (Å²) < 4.78 is 5.23. The van der Waals surface area contributed by atoms with Gasteiger partial charge in [0.2, 0.25) is 11.8 Å². The molecule has 2 atom stereocenters. The number of aliphatic hydroxyl groups excluding tert-OH is 1. The summed E-state index contributed by atoms with van der Waals surface area (Å²) in [6.45, 7) is 6.18. The lowest BCUT2D eigenvalue weighted by Crippen LogP contribution is -2.53. The number of ether oxygens (including phenoxy) is 1. The summed E-state index contributed by atoms with van der Waals surface area (Å²) in [5.74, 6) is -0.865. The van der Waals surface area contributed by atoms with Crippen LogP contribution in [-0.2, 0) is 14.3 Å². The largest absolute Gasteiger partial charge is 0.508 e. The van der Waals surface area contributed by atoms with E-state index in [1.807, 2.05) is 0 Å². The molecule has 1 aliphatic rings. The number of hydrogen-bond acceptors (Lipinski definition) is 6. The van der Waals surface area contributed by atoms with Gasteiger partial charge < -0.3 is 30.5 Å². The Morgan fingerprint density at radius 1 is 1.12 bits per heavy atom. The lowest BCUT2D eigenvalue weighted by molar-refractivity contribution is -0.143. The van der Waals surface area contributed by atoms with Gasteiger partial charge in [0.15, 0.2) is 0 Å². The molecule has 0 saturated heterocycles. The van der Waals surface area contributed by atoms with Crippen LogP contribution in [-0.4, -0.2) is 63.9 Å². The molecule has 9 heteroatoms. The Morgan fingerprint density at radius 3 is 2.27 bits per heavy atom. The highest BCUT2D eigenvalue weighted by molar-refractivity contribution is 5.92. The second kappa shape index (κ2) is 11.9. The summed E-state index contributed by atoms with van der Waals surface area (Å²) in [5, 5.41) is 24.9. The first-order valence-electron chi connectivity index (χ1n) is 11.5. The molecule has 1 aromatic rings. The third-order valence-electron chi connectivity index (χ3n) is 5.45. The van der Waals surface area contributed by atoms with Gasteiger partial charge in [-0.15, -0.1) is 0 Å². The van der Waals surface area contributed by atoms with Gasteiger partial charge in [-0.1, -0.05) is 31.4 Å². The molecule has 0 aromatic heterocycles. The first kappa shape index (κ1) is 26.4. The molecule has 1 aliphatic carbocycles. The van der Waals surface area contributed by atoms with E-state index in [1.165, 1.54) is 24.0 Å². The predicted octanol–water partition coefficient (Wildman–Crippen LogP) is 2.62. The van der Waals surface area contributed by atoms with Crippen LogP contribution < -0.4 is 10.6 Å². The molecule has 1 aromatic carbocycles. The topological polar surface area (TPSA) is 128 Å². The van der Waals surface area contributed by atoms with Crippen molar-refractivity contribution >= 4 is 17.9 Å². The summed E-state index contributed by atoms with van der Waals surface area (Å²) >= 11 is 0. The van der Waals surface area contributed by atoms with Crippen molar-refractivity contribution in [3.05, 3.63) is 29.8 Å². The summed E-state index contributed by atoms with van der Waals surface area (Å²) in [7, 11) is 0. The minimum absolute atomic E-state index is 0.0225. The van der Waals surface area contributed by atoms with Gasteiger partial charge in [0.05, 0.1) is 6.61 Å². The van der Waals surface area contributed by atoms with Crippen molar-refractivity contribution in [2.24, 2.45) is 0 Å². The van der Waals surface area contributed by atoms with Gasteiger partial charge in [-0.3, -0.25) is 9.59 Å². The number of carbonyl (C=O) groups is 3. The molecule has 0 radical (unpaired) electrons. The number of aromatic hydroxyl groups is 1. The molecule has 0 aliphatic heterocycles. The quantitative estimate of drug-likeness (QED) is 0.469. The van der Waals surface area contributed by atoms with Crippen LogP contribution in [0.25, 0.3) is 0 Å². The number of nitrogens with one attached hydrogen (secondary N) is 2. The first-order valence-corrected chi connectivity index (χ1v) is 11.5. The number of alkyl carbamates (subject to hydrolysis) is 1. The van der Waals surface area contributed by atoms with Gasteiger partial charge in [0.1, 0.15) is 23.4 Å². The summed E-state index contributed by atoms with van der Waals surface area (Å²) in [6, 6.07) is 4.03. The lowest BCUT2D eigenvalue weighted by Gasteiger charge is -2.34. The van der Waals surface area contributed by atoms with Crippen molar-refractivity contribution in [2.45, 2.75) is 83.5 Å². The zero-order valence-electron chi connectivity index (χ0n) is 20.0. The zero-order valence-corrected chi connectivity index (χ0v) is 20.0. The second-order valence-electron chi connectivity index (χ2n) is 9.46. The van der Waals surface area contributed by atoms with E-state index in [9.17, 15) is 24.6 Å². The fourth-order valence-electron chi connectivity index (χ4n) is 3.93. The molecular weight excluding hydrogens is 426 g/mol. The maximum absolute atomic E-state index is 13.4. The molecule has 3 amide bonds. The number of benzene rings is 1. The van der Waals surface area contributed by atoms with E-state index in [0.29, 0.717) is 5.56 Å². The van der Waals surface area contributed by atoms with Gasteiger partial charge >= 0.3 is 6.09 Å². The Labute approximate surface area is 195 Å². The molecule has 9 nitrogen and oxygen atoms in total. The standard InChI is InChI=1S/C24H37N3O6/c1-16(25-23(32)33-24(2,3)4)22(31)27(14-15-28)20(17-10-12-19(29)13-11-17)21(30)26-18-8-6-5-7-9-18/h10-13,16,18,20,28-29H,5-9,14-15H2,1-4H3,(H,25,32)(H,26,30). The second-order valence-corrected chi connectivity index (χ2v) is 9.46. The number of rotatable bonds is 8. The molecule has 1 fully saturated rings. The van der Waals surface area contributed by atoms with Crippen LogP contribution in [0.2, 0.25) is 0 Å². The van der Waals surface area contributed by atoms with Gasteiger partial charge in [-0.05, 0) is 58.2 Å². The van der Waals surface area contributed by atoms with E-state index in [4.69, 9.17) is 4.74 Å². The molecule has 2 rings (SSSR count). The number of aliphatic hydroxyl groups is 1. The van der Waals surface area contributed by atoms with Crippen LogP contribution in [0.15, 0.2) is 24.3 Å². The van der Waals surface area contributed by atoms with Gasteiger partial charge in [-0.2, -0.15) is 0 Å². The van der Waals surface area contributed by atoms with E-state index in [-0.39, 0.29) is 30.9 Å². The summed E-state index contributed by atoms with van der Waals surface area (Å²) in [4.78, 5) is 40.1. The average molecular weight is 464 g/mol. The Morgan fingerprint density at radius 2 is 1.73 bits per heavy atom. The maximum Gasteiger partial charge on any atom is 0.408 e. The van der Waals surface area contributed by atoms with Crippen LogP contribution in [0.5, 0.6) is 5.75 Å². The average Bonchev–Trinajstić information content (AvgIpc) is 2.73. The summed E-state index contributed by atoms with van der Waals surface area (Å²) in [6.07, 6.45) is 4.20. The maximum atomic E-state index is 13.4. The molecule has 33 heavy (non-hydrogen) atoms. The van der Waals surface area contributed by atoms with Crippen molar-refractivity contribution in [3.8, 4) is 5.75 Å². The van der Waals surface area contributed by atoms with Gasteiger partial charge in [0.25, 0.3) is 0 Å². The van der Waals surface area contributed by atoms with E-state index in [2.05, 4.69) is 10.6 Å².